The van der Waals surface area contributed by atoms with E-state index in [0.717, 1.165) is 32.6 Å². The molecule has 20 heavy (non-hydrogen) atoms. The highest BCUT2D eigenvalue weighted by Gasteiger charge is 1.99. The summed E-state index contributed by atoms with van der Waals surface area (Å²) in [5.74, 6) is 0. The smallest absolute Gasteiger partial charge is 0.0312 e. The van der Waals surface area contributed by atoms with Gasteiger partial charge in [0.25, 0.3) is 0 Å². The number of nitrogens with one attached hydrogen (secondary N) is 1. The predicted octanol–water partition coefficient (Wildman–Crippen LogP) is 1.74. The fourth-order valence-electron chi connectivity index (χ4n) is 1.99. The van der Waals surface area contributed by atoms with Gasteiger partial charge in [0.2, 0.25) is 0 Å². The number of hydrogen-bond donors (Lipinski definition) is 1. The summed E-state index contributed by atoms with van der Waals surface area (Å²) in [5.41, 5.74) is 2.57. The molecule has 2 aromatic rings. The molecule has 0 spiro atoms. The summed E-state index contributed by atoms with van der Waals surface area (Å²) in [4.78, 5) is 10.5. The molecule has 2 rings (SSSR count). The van der Waals surface area contributed by atoms with Crippen molar-refractivity contribution in [3.05, 3.63) is 60.2 Å². The van der Waals surface area contributed by atoms with Crippen LogP contribution in [0.4, 0.5) is 0 Å². The van der Waals surface area contributed by atoms with Crippen LogP contribution in [0.5, 0.6) is 0 Å². The molecule has 2 heterocycles. The van der Waals surface area contributed by atoms with Gasteiger partial charge in [-0.05, 0) is 42.8 Å². The second-order valence-electron chi connectivity index (χ2n) is 4.95. The van der Waals surface area contributed by atoms with E-state index in [2.05, 4.69) is 45.4 Å². The molecule has 0 saturated carbocycles. The molecular formula is C16H22N4. The van der Waals surface area contributed by atoms with Crippen LogP contribution in [-0.2, 0) is 13.0 Å². The minimum absolute atomic E-state index is 0.881. The molecule has 2 aromatic heterocycles. The molecule has 0 atom stereocenters. The van der Waals surface area contributed by atoms with Crippen LogP contribution in [0.3, 0.4) is 0 Å². The van der Waals surface area contributed by atoms with E-state index in [1.165, 1.54) is 11.1 Å². The highest BCUT2D eigenvalue weighted by molar-refractivity contribution is 5.10. The number of hydrogen-bond acceptors (Lipinski definition) is 4. The molecule has 0 amide bonds. The molecule has 1 N–H and O–H groups in total. The van der Waals surface area contributed by atoms with Crippen LogP contribution in [0.2, 0.25) is 0 Å². The molecule has 0 aliphatic carbocycles. The maximum atomic E-state index is 4.11. The Morgan fingerprint density at radius 1 is 1.00 bits per heavy atom. The van der Waals surface area contributed by atoms with E-state index < -0.39 is 0 Å². The second-order valence-corrected chi connectivity index (χ2v) is 4.95. The third-order valence-electron chi connectivity index (χ3n) is 3.25. The molecule has 0 aliphatic rings. The van der Waals surface area contributed by atoms with Crippen LogP contribution in [0.15, 0.2) is 49.1 Å². The number of likely N-dealkylation sites (N-methyl/N-ethyl adjacent to an activating group) is 1. The summed E-state index contributed by atoms with van der Waals surface area (Å²) >= 11 is 0. The van der Waals surface area contributed by atoms with Crippen LogP contribution < -0.4 is 5.32 Å². The lowest BCUT2D eigenvalue weighted by atomic mass is 10.2. The van der Waals surface area contributed by atoms with Gasteiger partial charge < -0.3 is 10.2 Å². The van der Waals surface area contributed by atoms with Crippen LogP contribution in [-0.4, -0.2) is 41.5 Å². The van der Waals surface area contributed by atoms with Crippen molar-refractivity contribution in [2.75, 3.05) is 26.7 Å². The van der Waals surface area contributed by atoms with Gasteiger partial charge >= 0.3 is 0 Å². The highest BCUT2D eigenvalue weighted by atomic mass is 15.1. The Balaban J connectivity index is 1.57. The van der Waals surface area contributed by atoms with Gasteiger partial charge in [-0.25, -0.2) is 0 Å². The van der Waals surface area contributed by atoms with Crippen molar-refractivity contribution in [1.82, 2.24) is 20.2 Å². The van der Waals surface area contributed by atoms with Gasteiger partial charge in [-0.15, -0.1) is 0 Å². The van der Waals surface area contributed by atoms with Crippen molar-refractivity contribution in [2.24, 2.45) is 0 Å². The van der Waals surface area contributed by atoms with E-state index >= 15 is 0 Å². The maximum absolute atomic E-state index is 4.11. The van der Waals surface area contributed by atoms with Crippen molar-refractivity contribution in [1.29, 1.82) is 0 Å². The molecular weight excluding hydrogens is 248 g/mol. The van der Waals surface area contributed by atoms with E-state index in [4.69, 9.17) is 0 Å². The molecule has 106 valence electrons. The standard InChI is InChI=1S/C16H22N4/c1-20(11-6-15-4-8-17-9-5-15)12-10-19-14-16-3-2-7-18-13-16/h2-5,7-9,13,19H,6,10-12,14H2,1H3. The summed E-state index contributed by atoms with van der Waals surface area (Å²) in [5, 5.41) is 3.44. The Morgan fingerprint density at radius 2 is 1.85 bits per heavy atom. The summed E-state index contributed by atoms with van der Waals surface area (Å²) in [6.45, 7) is 3.98. The molecule has 0 bridgehead atoms. The largest absolute Gasteiger partial charge is 0.311 e. The van der Waals surface area contributed by atoms with E-state index in [9.17, 15) is 0 Å². The van der Waals surface area contributed by atoms with E-state index in [1.54, 1.807) is 6.20 Å². The molecule has 0 unspecified atom stereocenters. The maximum Gasteiger partial charge on any atom is 0.0312 e. The zero-order valence-corrected chi connectivity index (χ0v) is 12.0. The van der Waals surface area contributed by atoms with Crippen LogP contribution in [0, 0.1) is 0 Å². The van der Waals surface area contributed by atoms with Crippen LogP contribution in [0.25, 0.3) is 0 Å². The van der Waals surface area contributed by atoms with Gasteiger partial charge in [-0.3, -0.25) is 9.97 Å². The molecule has 4 nitrogen and oxygen atoms in total. The Labute approximate surface area is 120 Å². The fraction of sp³-hybridized carbons (Fsp3) is 0.375. The molecule has 4 heteroatoms. The molecule has 0 saturated heterocycles. The zero-order chi connectivity index (χ0) is 14.0. The molecule has 0 aromatic carbocycles. The fourth-order valence-corrected chi connectivity index (χ4v) is 1.99. The first-order valence-electron chi connectivity index (χ1n) is 7.01. The normalized spacial score (nSPS) is 10.9. The summed E-state index contributed by atoms with van der Waals surface area (Å²) in [6.07, 6.45) is 8.48. The lowest BCUT2D eigenvalue weighted by molar-refractivity contribution is 0.335. The van der Waals surface area contributed by atoms with Crippen molar-refractivity contribution in [3.63, 3.8) is 0 Å². The van der Waals surface area contributed by atoms with Gasteiger partial charge in [0, 0.05) is 51.0 Å². The summed E-state index contributed by atoms with van der Waals surface area (Å²) < 4.78 is 0. The van der Waals surface area contributed by atoms with Crippen molar-refractivity contribution in [2.45, 2.75) is 13.0 Å². The number of pyridine rings is 2. The first-order chi connectivity index (χ1) is 9.84. The Hall–Kier alpha value is -1.78. The first-order valence-corrected chi connectivity index (χ1v) is 7.01. The Kier molecular flexibility index (Phi) is 6.14. The van der Waals surface area contributed by atoms with E-state index in [0.29, 0.717) is 0 Å². The average molecular weight is 270 g/mol. The predicted molar refractivity (Wildman–Crippen MR) is 81.4 cm³/mol. The molecule has 0 radical (unpaired) electrons. The quantitative estimate of drug-likeness (QED) is 0.742. The topological polar surface area (TPSA) is 41.0 Å². The minimum Gasteiger partial charge on any atom is -0.311 e. The average Bonchev–Trinajstić information content (AvgIpc) is 2.52. The summed E-state index contributed by atoms with van der Waals surface area (Å²) in [6, 6.07) is 8.22. The van der Waals surface area contributed by atoms with Crippen LogP contribution in [0.1, 0.15) is 11.1 Å². The van der Waals surface area contributed by atoms with Gasteiger partial charge in [0.15, 0.2) is 0 Å². The van der Waals surface area contributed by atoms with E-state index in [-0.39, 0.29) is 0 Å². The Bertz CT molecular complexity index is 472. The summed E-state index contributed by atoms with van der Waals surface area (Å²) in [7, 11) is 2.16. The highest BCUT2D eigenvalue weighted by Crippen LogP contribution is 1.98. The third kappa shape index (κ3) is 5.47. The van der Waals surface area contributed by atoms with Crippen molar-refractivity contribution >= 4 is 0 Å². The number of nitrogens with zero attached hydrogens (tertiary/aromatic N) is 3. The Morgan fingerprint density at radius 3 is 2.60 bits per heavy atom. The third-order valence-corrected chi connectivity index (χ3v) is 3.25. The SMILES string of the molecule is CN(CCNCc1cccnc1)CCc1ccncc1. The first kappa shape index (κ1) is 14.6. The second kappa shape index (κ2) is 8.40. The minimum atomic E-state index is 0.881. The molecule has 0 aliphatic heterocycles. The number of aromatic nitrogens is 2. The van der Waals surface area contributed by atoms with Gasteiger partial charge in [-0.1, -0.05) is 6.07 Å². The number of rotatable bonds is 8. The van der Waals surface area contributed by atoms with Crippen LogP contribution >= 0.6 is 0 Å². The van der Waals surface area contributed by atoms with Crippen molar-refractivity contribution < 1.29 is 0 Å². The lowest BCUT2D eigenvalue weighted by Crippen LogP contribution is -2.30. The monoisotopic (exact) mass is 270 g/mol. The lowest BCUT2D eigenvalue weighted by Gasteiger charge is -2.16. The molecule has 0 fully saturated rings. The zero-order valence-electron chi connectivity index (χ0n) is 12.0. The van der Waals surface area contributed by atoms with E-state index in [1.807, 2.05) is 24.7 Å². The van der Waals surface area contributed by atoms with Crippen molar-refractivity contribution in [3.8, 4) is 0 Å². The van der Waals surface area contributed by atoms with Gasteiger partial charge in [0.05, 0.1) is 0 Å². The van der Waals surface area contributed by atoms with Gasteiger partial charge in [-0.2, -0.15) is 0 Å². The van der Waals surface area contributed by atoms with Gasteiger partial charge in [0.1, 0.15) is 0 Å².